The molecule has 1 aliphatic rings. The van der Waals surface area contributed by atoms with Gasteiger partial charge < -0.3 is 15.3 Å². The van der Waals surface area contributed by atoms with Gasteiger partial charge in [-0.3, -0.25) is 0 Å². The molecule has 88 valence electrons. The molecule has 0 aliphatic heterocycles. The fourth-order valence-electron chi connectivity index (χ4n) is 2.09. The number of rotatable bonds is 2. The minimum absolute atomic E-state index is 0.193. The van der Waals surface area contributed by atoms with Crippen molar-refractivity contribution in [2.75, 3.05) is 0 Å². The quantitative estimate of drug-likeness (QED) is 0.663. The molecule has 0 spiro atoms. The summed E-state index contributed by atoms with van der Waals surface area (Å²) in [6.45, 7) is -0.193. The van der Waals surface area contributed by atoms with Crippen molar-refractivity contribution < 1.29 is 15.3 Å². The Kier molecular flexibility index (Phi) is 3.18. The number of hydrogen-bond donors (Lipinski definition) is 3. The maximum Gasteiger partial charge on any atom is 0.163 e. The molecule has 1 aliphatic carbocycles. The molecule has 2 atom stereocenters. The number of aliphatic hydroxyl groups is 3. The maximum atomic E-state index is 10.4. The first-order valence-electron chi connectivity index (χ1n) is 5.50. The van der Waals surface area contributed by atoms with Gasteiger partial charge in [0.2, 0.25) is 0 Å². The minimum atomic E-state index is -1.36. The van der Waals surface area contributed by atoms with E-state index >= 15 is 0 Å². The van der Waals surface area contributed by atoms with Gasteiger partial charge in [0, 0.05) is 6.20 Å². The molecule has 2 rings (SSSR count). The van der Waals surface area contributed by atoms with Gasteiger partial charge in [0.05, 0.1) is 18.4 Å². The monoisotopic (exact) mass is 224 g/mol. The van der Waals surface area contributed by atoms with E-state index in [9.17, 15) is 10.2 Å². The smallest absolute Gasteiger partial charge is 0.163 e. The van der Waals surface area contributed by atoms with E-state index in [-0.39, 0.29) is 12.4 Å². The second-order valence-corrected chi connectivity index (χ2v) is 4.22. The van der Waals surface area contributed by atoms with Crippen LogP contribution in [-0.2, 0) is 12.2 Å². The van der Waals surface area contributed by atoms with Crippen LogP contribution in [0.25, 0.3) is 0 Å². The Labute approximate surface area is 93.8 Å². The lowest BCUT2D eigenvalue weighted by Gasteiger charge is -2.35. The summed E-state index contributed by atoms with van der Waals surface area (Å²) in [6, 6.07) is 1.59. The maximum absolute atomic E-state index is 10.4. The third kappa shape index (κ3) is 1.93. The molecule has 5 heteroatoms. The van der Waals surface area contributed by atoms with Crippen molar-refractivity contribution in [3.63, 3.8) is 0 Å². The molecule has 1 aromatic heterocycles. The largest absolute Gasteiger partial charge is 0.390 e. The van der Waals surface area contributed by atoms with Crippen LogP contribution in [0.1, 0.15) is 37.2 Å². The van der Waals surface area contributed by atoms with E-state index in [1.54, 1.807) is 6.07 Å². The fraction of sp³-hybridized carbons (Fsp3) is 0.636. The van der Waals surface area contributed by atoms with Crippen LogP contribution in [0.4, 0.5) is 0 Å². The van der Waals surface area contributed by atoms with Crippen molar-refractivity contribution in [1.29, 1.82) is 0 Å². The van der Waals surface area contributed by atoms with Gasteiger partial charge in [-0.2, -0.15) is 0 Å². The van der Waals surface area contributed by atoms with E-state index < -0.39 is 11.7 Å². The van der Waals surface area contributed by atoms with Crippen LogP contribution in [0.2, 0.25) is 0 Å². The Morgan fingerprint density at radius 1 is 1.44 bits per heavy atom. The van der Waals surface area contributed by atoms with Crippen LogP contribution >= 0.6 is 0 Å². The summed E-state index contributed by atoms with van der Waals surface area (Å²) in [5.41, 5.74) is -0.903. The Morgan fingerprint density at radius 2 is 2.25 bits per heavy atom. The normalized spacial score (nSPS) is 30.3. The molecule has 1 heterocycles. The average Bonchev–Trinajstić information content (AvgIpc) is 2.33. The number of nitrogens with zero attached hydrogens (tertiary/aromatic N) is 2. The van der Waals surface area contributed by atoms with Crippen molar-refractivity contribution in [1.82, 2.24) is 9.97 Å². The van der Waals surface area contributed by atoms with Crippen molar-refractivity contribution in [3.05, 3.63) is 23.8 Å². The summed E-state index contributed by atoms with van der Waals surface area (Å²) < 4.78 is 0. The van der Waals surface area contributed by atoms with Gasteiger partial charge in [0.25, 0.3) is 0 Å². The van der Waals surface area contributed by atoms with Crippen molar-refractivity contribution in [2.24, 2.45) is 0 Å². The molecule has 0 bridgehead atoms. The Hall–Kier alpha value is -1.04. The lowest BCUT2D eigenvalue weighted by Crippen LogP contribution is -2.43. The zero-order valence-electron chi connectivity index (χ0n) is 9.00. The number of aliphatic hydroxyl groups excluding tert-OH is 2. The van der Waals surface area contributed by atoms with Crippen molar-refractivity contribution in [2.45, 2.75) is 44.0 Å². The molecule has 0 aromatic carbocycles. The molecule has 0 saturated heterocycles. The van der Waals surface area contributed by atoms with E-state index in [0.29, 0.717) is 18.5 Å². The van der Waals surface area contributed by atoms with Gasteiger partial charge in [-0.05, 0) is 25.3 Å². The Bertz CT molecular complexity index is 372. The molecular formula is C11H16N2O3. The van der Waals surface area contributed by atoms with Crippen molar-refractivity contribution >= 4 is 0 Å². The number of hydrogen-bond acceptors (Lipinski definition) is 5. The Morgan fingerprint density at radius 3 is 2.94 bits per heavy atom. The van der Waals surface area contributed by atoms with E-state index in [1.165, 1.54) is 6.20 Å². The van der Waals surface area contributed by atoms with E-state index in [0.717, 1.165) is 12.8 Å². The zero-order valence-corrected chi connectivity index (χ0v) is 9.00. The summed E-state index contributed by atoms with van der Waals surface area (Å²) >= 11 is 0. The fourth-order valence-corrected chi connectivity index (χ4v) is 2.09. The van der Waals surface area contributed by atoms with Crippen LogP contribution in [0.3, 0.4) is 0 Å². The molecule has 3 N–H and O–H groups in total. The highest BCUT2D eigenvalue weighted by Crippen LogP contribution is 2.35. The van der Waals surface area contributed by atoms with Gasteiger partial charge in [-0.25, -0.2) is 9.97 Å². The van der Waals surface area contributed by atoms with Gasteiger partial charge in [0.15, 0.2) is 5.82 Å². The van der Waals surface area contributed by atoms with Crippen molar-refractivity contribution in [3.8, 4) is 0 Å². The van der Waals surface area contributed by atoms with Gasteiger partial charge in [-0.1, -0.05) is 6.42 Å². The topological polar surface area (TPSA) is 86.5 Å². The summed E-state index contributed by atoms with van der Waals surface area (Å²) in [7, 11) is 0. The highest BCUT2D eigenvalue weighted by Gasteiger charge is 2.42. The van der Waals surface area contributed by atoms with Gasteiger partial charge in [-0.15, -0.1) is 0 Å². The summed E-state index contributed by atoms with van der Waals surface area (Å²) in [5.74, 6) is 0.214. The first-order chi connectivity index (χ1) is 7.66. The summed E-state index contributed by atoms with van der Waals surface area (Å²) in [6.07, 6.45) is 3.44. The predicted molar refractivity (Wildman–Crippen MR) is 56.3 cm³/mol. The molecule has 5 nitrogen and oxygen atoms in total. The second kappa shape index (κ2) is 4.45. The van der Waals surface area contributed by atoms with Crippen LogP contribution in [-0.4, -0.2) is 31.4 Å². The summed E-state index contributed by atoms with van der Waals surface area (Å²) in [5, 5.41) is 29.2. The van der Waals surface area contributed by atoms with Crippen LogP contribution in [0.15, 0.2) is 12.3 Å². The molecule has 0 unspecified atom stereocenters. The predicted octanol–water partition coefficient (Wildman–Crippen LogP) is 0.0914. The highest BCUT2D eigenvalue weighted by molar-refractivity contribution is 5.10. The lowest BCUT2D eigenvalue weighted by atomic mass is 9.81. The summed E-state index contributed by atoms with van der Waals surface area (Å²) in [4.78, 5) is 8.07. The first kappa shape index (κ1) is 11.4. The molecule has 0 amide bonds. The standard InChI is InChI=1S/C11H16N2O3/c14-7-8-4-6-12-10(13-8)11(16)5-2-1-3-9(11)15/h4,6,9,14-16H,1-3,5,7H2/t9-,11+/m0/s1. The molecule has 0 radical (unpaired) electrons. The Balaban J connectivity index is 2.33. The van der Waals surface area contributed by atoms with Crippen LogP contribution in [0, 0.1) is 0 Å². The third-order valence-electron chi connectivity index (χ3n) is 3.10. The third-order valence-corrected chi connectivity index (χ3v) is 3.10. The SMILES string of the molecule is OCc1ccnc([C@@]2(O)CCCC[C@@H]2O)n1. The number of aromatic nitrogens is 2. The highest BCUT2D eigenvalue weighted by atomic mass is 16.3. The zero-order chi connectivity index (χ0) is 11.6. The minimum Gasteiger partial charge on any atom is -0.390 e. The van der Waals surface area contributed by atoms with Crippen LogP contribution in [0.5, 0.6) is 0 Å². The van der Waals surface area contributed by atoms with Gasteiger partial charge in [0.1, 0.15) is 5.60 Å². The molecule has 1 fully saturated rings. The van der Waals surface area contributed by atoms with E-state index in [4.69, 9.17) is 5.11 Å². The van der Waals surface area contributed by atoms with E-state index in [2.05, 4.69) is 9.97 Å². The van der Waals surface area contributed by atoms with E-state index in [1.807, 2.05) is 0 Å². The molecule has 1 saturated carbocycles. The molecular weight excluding hydrogens is 208 g/mol. The van der Waals surface area contributed by atoms with Gasteiger partial charge >= 0.3 is 0 Å². The molecule has 1 aromatic rings. The second-order valence-electron chi connectivity index (χ2n) is 4.22. The first-order valence-corrected chi connectivity index (χ1v) is 5.50. The van der Waals surface area contributed by atoms with Crippen LogP contribution < -0.4 is 0 Å². The lowest BCUT2D eigenvalue weighted by molar-refractivity contribution is -0.111. The molecule has 16 heavy (non-hydrogen) atoms. The average molecular weight is 224 g/mol.